The zero-order valence-corrected chi connectivity index (χ0v) is 21.1. The minimum atomic E-state index is -1.09. The lowest BCUT2D eigenvalue weighted by molar-refractivity contribution is -0.140. The number of nitrogens with zero attached hydrogens (tertiary/aromatic N) is 1. The van der Waals surface area contributed by atoms with Crippen LogP contribution in [0.1, 0.15) is 44.4 Å². The summed E-state index contributed by atoms with van der Waals surface area (Å²) in [6.07, 6.45) is 5.85. The number of ether oxygens (including phenoxy) is 2. The van der Waals surface area contributed by atoms with Crippen molar-refractivity contribution in [3.63, 3.8) is 0 Å². The van der Waals surface area contributed by atoms with Crippen LogP contribution in [-0.4, -0.2) is 46.0 Å². The first-order valence-corrected chi connectivity index (χ1v) is 12.9. The van der Waals surface area contributed by atoms with E-state index in [9.17, 15) is 9.59 Å². The maximum absolute atomic E-state index is 12.5. The van der Waals surface area contributed by atoms with E-state index in [0.29, 0.717) is 18.1 Å². The quantitative estimate of drug-likeness (QED) is 0.213. The summed E-state index contributed by atoms with van der Waals surface area (Å²) in [6.45, 7) is 5.13. The summed E-state index contributed by atoms with van der Waals surface area (Å²) in [7, 11) is 0. The molecule has 1 N–H and O–H groups in total. The molecule has 0 spiro atoms. The third-order valence-electron chi connectivity index (χ3n) is 4.81. The first kappa shape index (κ1) is 25.3. The maximum Gasteiger partial charge on any atom is 0.323 e. The first-order valence-electron chi connectivity index (χ1n) is 10.9. The van der Waals surface area contributed by atoms with E-state index >= 15 is 0 Å². The molecule has 9 heteroatoms. The topological polar surface area (TPSA) is 76.1 Å². The molecule has 1 saturated heterocycles. The molecule has 1 amide bonds. The Kier molecular flexibility index (Phi) is 9.34. The second-order valence-electron chi connectivity index (χ2n) is 7.43. The average molecular weight is 506 g/mol. The van der Waals surface area contributed by atoms with Gasteiger partial charge in [0, 0.05) is 21.4 Å². The highest BCUT2D eigenvalue weighted by Gasteiger charge is 2.33. The van der Waals surface area contributed by atoms with Crippen LogP contribution in [0.4, 0.5) is 0 Å². The third kappa shape index (κ3) is 6.82. The van der Waals surface area contributed by atoms with Gasteiger partial charge in [-0.2, -0.15) is 0 Å². The largest absolute Gasteiger partial charge is 0.493 e. The minimum Gasteiger partial charge on any atom is -0.493 e. The Balaban J connectivity index is 1.82. The zero-order valence-electron chi connectivity index (χ0n) is 18.7. The molecule has 1 aromatic carbocycles. The summed E-state index contributed by atoms with van der Waals surface area (Å²) in [4.78, 5) is 27.0. The summed E-state index contributed by atoms with van der Waals surface area (Å²) < 4.78 is 12.2. The SMILES string of the molecule is CCCCOc1ccc(-c2ccc(C=C3SC(=S)N(CC(=O)O)C3=O)s2)c(OCCCC)c1. The highest BCUT2D eigenvalue weighted by atomic mass is 32.2. The number of hydrogen-bond acceptors (Lipinski definition) is 7. The van der Waals surface area contributed by atoms with Gasteiger partial charge in [0.05, 0.1) is 18.1 Å². The monoisotopic (exact) mass is 505 g/mol. The highest BCUT2D eigenvalue weighted by Crippen LogP contribution is 2.39. The van der Waals surface area contributed by atoms with Crippen LogP contribution in [0.15, 0.2) is 35.2 Å². The van der Waals surface area contributed by atoms with Gasteiger partial charge >= 0.3 is 5.97 Å². The summed E-state index contributed by atoms with van der Waals surface area (Å²) >= 11 is 7.82. The van der Waals surface area contributed by atoms with E-state index in [-0.39, 0.29) is 10.2 Å². The Hall–Kier alpha value is -2.36. The van der Waals surface area contributed by atoms with Gasteiger partial charge in [0.1, 0.15) is 22.4 Å². The molecule has 176 valence electrons. The maximum atomic E-state index is 12.5. The number of benzene rings is 1. The van der Waals surface area contributed by atoms with Crippen molar-refractivity contribution in [1.82, 2.24) is 4.90 Å². The van der Waals surface area contributed by atoms with Crippen LogP contribution in [0, 0.1) is 0 Å². The lowest BCUT2D eigenvalue weighted by atomic mass is 10.1. The number of carboxylic acids is 1. The predicted molar refractivity (Wildman–Crippen MR) is 138 cm³/mol. The Morgan fingerprint density at radius 1 is 1.12 bits per heavy atom. The number of thiophene rings is 1. The fourth-order valence-corrected chi connectivity index (χ4v) is 5.35. The number of aliphatic carboxylic acids is 1. The van der Waals surface area contributed by atoms with Crippen molar-refractivity contribution in [3.05, 3.63) is 40.1 Å². The molecule has 0 bridgehead atoms. The summed E-state index contributed by atoms with van der Waals surface area (Å²) in [5.41, 5.74) is 0.969. The van der Waals surface area contributed by atoms with E-state index in [1.54, 1.807) is 6.08 Å². The number of thiocarbonyl (C=S) groups is 1. The molecule has 0 unspecified atom stereocenters. The van der Waals surface area contributed by atoms with Crippen LogP contribution in [0.5, 0.6) is 11.5 Å². The second kappa shape index (κ2) is 12.2. The van der Waals surface area contributed by atoms with Gasteiger partial charge in [-0.05, 0) is 43.2 Å². The van der Waals surface area contributed by atoms with Crippen molar-refractivity contribution >= 4 is 57.6 Å². The molecule has 1 aliphatic rings. The smallest absolute Gasteiger partial charge is 0.323 e. The summed E-state index contributed by atoms with van der Waals surface area (Å²) in [5.74, 6) is 0.0967. The van der Waals surface area contributed by atoms with E-state index in [1.807, 2.05) is 30.3 Å². The van der Waals surface area contributed by atoms with E-state index < -0.39 is 12.5 Å². The van der Waals surface area contributed by atoms with Gasteiger partial charge in [0.2, 0.25) is 0 Å². The van der Waals surface area contributed by atoms with Crippen LogP contribution >= 0.6 is 35.3 Å². The normalized spacial score (nSPS) is 14.8. The molecule has 0 atom stereocenters. The van der Waals surface area contributed by atoms with E-state index in [1.165, 1.54) is 11.3 Å². The van der Waals surface area contributed by atoms with Gasteiger partial charge in [-0.3, -0.25) is 14.5 Å². The number of unbranched alkanes of at least 4 members (excludes halogenated alkanes) is 2. The number of thioether (sulfide) groups is 1. The Morgan fingerprint density at radius 2 is 1.85 bits per heavy atom. The third-order valence-corrected chi connectivity index (χ3v) is 7.25. The molecule has 2 aromatic rings. The molecule has 0 saturated carbocycles. The van der Waals surface area contributed by atoms with E-state index in [4.69, 9.17) is 26.8 Å². The second-order valence-corrected chi connectivity index (χ2v) is 10.2. The molecule has 6 nitrogen and oxygen atoms in total. The van der Waals surface area contributed by atoms with Crippen molar-refractivity contribution in [2.24, 2.45) is 0 Å². The molecular weight excluding hydrogens is 478 g/mol. The number of rotatable bonds is 12. The molecule has 33 heavy (non-hydrogen) atoms. The molecule has 0 radical (unpaired) electrons. The van der Waals surface area contributed by atoms with E-state index in [2.05, 4.69) is 13.8 Å². The van der Waals surface area contributed by atoms with Crippen molar-refractivity contribution in [2.45, 2.75) is 39.5 Å². The average Bonchev–Trinajstić information content (AvgIpc) is 3.34. The fourth-order valence-electron chi connectivity index (χ4n) is 3.05. The van der Waals surface area contributed by atoms with Gasteiger partial charge in [0.25, 0.3) is 5.91 Å². The number of hydrogen-bond donors (Lipinski definition) is 1. The van der Waals surface area contributed by atoms with Crippen LogP contribution in [0.3, 0.4) is 0 Å². The Morgan fingerprint density at radius 3 is 2.55 bits per heavy atom. The molecule has 3 rings (SSSR count). The predicted octanol–water partition coefficient (Wildman–Crippen LogP) is 6.06. The number of carboxylic acid groups (broad SMARTS) is 1. The standard InChI is InChI=1S/C24H27NO5S3/c1-3-5-11-29-16-7-9-18(19(13-16)30-12-6-4-2)20-10-8-17(32-20)14-21-23(28)25(15-22(26)27)24(31)33-21/h7-10,13-14H,3-6,11-12,15H2,1-2H3,(H,26,27). The Labute approximate surface area is 207 Å². The molecule has 1 aliphatic heterocycles. The summed E-state index contributed by atoms with van der Waals surface area (Å²) in [5, 5.41) is 9.00. The highest BCUT2D eigenvalue weighted by molar-refractivity contribution is 8.26. The van der Waals surface area contributed by atoms with Gasteiger partial charge in [-0.25, -0.2) is 0 Å². The number of carbonyl (C=O) groups excluding carboxylic acids is 1. The zero-order chi connectivity index (χ0) is 23.8. The van der Waals surface area contributed by atoms with E-state index in [0.717, 1.165) is 69.2 Å². The molecular formula is C24H27NO5S3. The molecule has 1 fully saturated rings. The fraction of sp³-hybridized carbons (Fsp3) is 0.375. The van der Waals surface area contributed by atoms with Crippen LogP contribution in [0.2, 0.25) is 0 Å². The van der Waals surface area contributed by atoms with Gasteiger partial charge < -0.3 is 14.6 Å². The summed E-state index contributed by atoms with van der Waals surface area (Å²) in [6, 6.07) is 9.83. The number of amides is 1. The van der Waals surface area contributed by atoms with Gasteiger partial charge in [0.15, 0.2) is 0 Å². The lowest BCUT2D eigenvalue weighted by Crippen LogP contribution is -2.33. The van der Waals surface area contributed by atoms with Crippen LogP contribution in [0.25, 0.3) is 16.5 Å². The number of carbonyl (C=O) groups is 2. The first-order chi connectivity index (χ1) is 15.9. The van der Waals surface area contributed by atoms with Gasteiger partial charge in [-0.1, -0.05) is 50.7 Å². The van der Waals surface area contributed by atoms with Gasteiger partial charge in [-0.15, -0.1) is 11.3 Å². The molecule has 0 aliphatic carbocycles. The van der Waals surface area contributed by atoms with Crippen molar-refractivity contribution in [2.75, 3.05) is 19.8 Å². The van der Waals surface area contributed by atoms with Crippen molar-refractivity contribution < 1.29 is 24.2 Å². The Bertz CT molecular complexity index is 1050. The lowest BCUT2D eigenvalue weighted by Gasteiger charge is -2.13. The van der Waals surface area contributed by atoms with Crippen LogP contribution < -0.4 is 9.47 Å². The minimum absolute atomic E-state index is 0.260. The molecule has 1 aromatic heterocycles. The molecule has 2 heterocycles. The van der Waals surface area contributed by atoms with Crippen molar-refractivity contribution in [3.8, 4) is 21.9 Å². The van der Waals surface area contributed by atoms with Crippen LogP contribution in [-0.2, 0) is 9.59 Å². The van der Waals surface area contributed by atoms with Crippen molar-refractivity contribution in [1.29, 1.82) is 0 Å².